The van der Waals surface area contributed by atoms with Crippen LogP contribution in [0.1, 0.15) is 40.1 Å². The van der Waals surface area contributed by atoms with Crippen molar-refractivity contribution in [2.45, 2.75) is 31.8 Å². The summed E-state index contributed by atoms with van der Waals surface area (Å²) in [5.74, 6) is -1.62. The van der Waals surface area contributed by atoms with E-state index in [0.717, 1.165) is 16.9 Å². The fourth-order valence-corrected chi connectivity index (χ4v) is 6.24. The predicted molar refractivity (Wildman–Crippen MR) is 154 cm³/mol. The second-order valence-corrected chi connectivity index (χ2v) is 11.9. The van der Waals surface area contributed by atoms with Crippen molar-refractivity contribution < 1.29 is 32.3 Å². The van der Waals surface area contributed by atoms with Gasteiger partial charge in [0.15, 0.2) is 4.80 Å². The lowest BCUT2D eigenvalue weighted by Crippen LogP contribution is -2.26. The van der Waals surface area contributed by atoms with E-state index in [1.807, 2.05) is 30.3 Å². The maximum Gasteiger partial charge on any atom is 0.338 e. The van der Waals surface area contributed by atoms with Crippen molar-refractivity contribution in [2.24, 2.45) is 4.99 Å². The molecule has 3 aromatic carbocycles. The first-order chi connectivity index (χ1) is 19.6. The molecule has 214 valence electrons. The number of carbonyl (C=O) groups is 3. The Bertz CT molecular complexity index is 1740. The zero-order valence-corrected chi connectivity index (χ0v) is 24.4. The quantitative estimate of drug-likeness (QED) is 0.254. The van der Waals surface area contributed by atoms with Crippen LogP contribution >= 0.6 is 11.3 Å². The standard InChI is InChI=1S/C29H29N3O7S2/c1-4-38-26(33)19-32-24-16-13-22(28(35)39-5-2)17-25(24)40-29(32)30-27(34)21-11-14-23(15-12-21)41(36,37)31(3)18-20-9-7-6-8-10-20/h6-17H,4-5,18-19H2,1-3H3. The molecule has 0 aliphatic rings. The van der Waals surface area contributed by atoms with Crippen LogP contribution < -0.4 is 4.80 Å². The number of hydrogen-bond acceptors (Lipinski definition) is 8. The first-order valence-corrected chi connectivity index (χ1v) is 15.0. The topological polar surface area (TPSA) is 124 Å². The third-order valence-corrected chi connectivity index (χ3v) is 8.90. The number of thiazole rings is 1. The summed E-state index contributed by atoms with van der Waals surface area (Å²) in [4.78, 5) is 42.2. The van der Waals surface area contributed by atoms with Crippen LogP contribution in [0.2, 0.25) is 0 Å². The lowest BCUT2D eigenvalue weighted by atomic mass is 10.2. The van der Waals surface area contributed by atoms with Crippen LogP contribution in [-0.4, -0.2) is 55.4 Å². The minimum Gasteiger partial charge on any atom is -0.465 e. The summed E-state index contributed by atoms with van der Waals surface area (Å²) < 4.78 is 39.7. The van der Waals surface area contributed by atoms with Gasteiger partial charge in [0.05, 0.1) is 33.9 Å². The zero-order chi connectivity index (χ0) is 29.6. The van der Waals surface area contributed by atoms with Gasteiger partial charge in [-0.2, -0.15) is 9.30 Å². The highest BCUT2D eigenvalue weighted by atomic mass is 32.2. The Labute approximate surface area is 241 Å². The van der Waals surface area contributed by atoms with Crippen molar-refractivity contribution in [3.05, 3.63) is 94.3 Å². The molecule has 12 heteroatoms. The number of carbonyl (C=O) groups excluding carboxylic acids is 3. The molecular formula is C29H29N3O7S2. The van der Waals surface area contributed by atoms with E-state index in [4.69, 9.17) is 9.47 Å². The van der Waals surface area contributed by atoms with Gasteiger partial charge in [-0.15, -0.1) is 0 Å². The van der Waals surface area contributed by atoms with E-state index >= 15 is 0 Å². The molecule has 0 N–H and O–H groups in total. The lowest BCUT2D eigenvalue weighted by Gasteiger charge is -2.17. The van der Waals surface area contributed by atoms with Crippen LogP contribution in [-0.2, 0) is 37.4 Å². The van der Waals surface area contributed by atoms with E-state index in [1.54, 1.807) is 36.6 Å². The van der Waals surface area contributed by atoms with Crippen molar-refractivity contribution in [2.75, 3.05) is 20.3 Å². The molecule has 0 atom stereocenters. The third-order valence-electron chi connectivity index (χ3n) is 6.04. The number of sulfonamides is 1. The molecule has 0 radical (unpaired) electrons. The molecule has 0 spiro atoms. The van der Waals surface area contributed by atoms with Gasteiger partial charge in [0.2, 0.25) is 10.0 Å². The van der Waals surface area contributed by atoms with Crippen LogP contribution in [0.25, 0.3) is 10.2 Å². The molecule has 0 saturated heterocycles. The maximum atomic E-state index is 13.1. The van der Waals surface area contributed by atoms with Crippen molar-refractivity contribution in [3.63, 3.8) is 0 Å². The smallest absolute Gasteiger partial charge is 0.338 e. The summed E-state index contributed by atoms with van der Waals surface area (Å²) in [5, 5.41) is 0. The number of aromatic nitrogens is 1. The summed E-state index contributed by atoms with van der Waals surface area (Å²) in [6.07, 6.45) is 0. The summed E-state index contributed by atoms with van der Waals surface area (Å²) in [6, 6.07) is 19.6. The first-order valence-electron chi connectivity index (χ1n) is 12.8. The van der Waals surface area contributed by atoms with E-state index < -0.39 is 27.9 Å². The Balaban J connectivity index is 1.65. The molecule has 0 aliphatic heterocycles. The number of amides is 1. The normalized spacial score (nSPS) is 12.0. The van der Waals surface area contributed by atoms with E-state index in [0.29, 0.717) is 15.8 Å². The van der Waals surface area contributed by atoms with E-state index in [-0.39, 0.29) is 41.6 Å². The van der Waals surface area contributed by atoms with Crippen molar-refractivity contribution in [1.82, 2.24) is 8.87 Å². The van der Waals surface area contributed by atoms with Gasteiger partial charge in [-0.05, 0) is 61.9 Å². The first kappa shape index (κ1) is 29.8. The Morgan fingerprint density at radius 1 is 0.902 bits per heavy atom. The molecule has 41 heavy (non-hydrogen) atoms. The van der Waals surface area contributed by atoms with E-state index in [2.05, 4.69) is 4.99 Å². The number of fused-ring (bicyclic) bond motifs is 1. The van der Waals surface area contributed by atoms with Crippen LogP contribution in [0, 0.1) is 0 Å². The minimum atomic E-state index is -3.80. The van der Waals surface area contributed by atoms with E-state index in [9.17, 15) is 22.8 Å². The Kier molecular flexibility index (Phi) is 9.48. The van der Waals surface area contributed by atoms with Gasteiger partial charge in [0, 0.05) is 19.2 Å². The molecule has 4 rings (SSSR count). The molecule has 0 bridgehead atoms. The molecule has 10 nitrogen and oxygen atoms in total. The van der Waals surface area contributed by atoms with Gasteiger partial charge in [-0.3, -0.25) is 9.59 Å². The van der Waals surface area contributed by atoms with Crippen molar-refractivity contribution >= 4 is 49.4 Å². The van der Waals surface area contributed by atoms with Crippen LogP contribution in [0.4, 0.5) is 0 Å². The van der Waals surface area contributed by atoms with Crippen molar-refractivity contribution in [3.8, 4) is 0 Å². The van der Waals surface area contributed by atoms with Crippen LogP contribution in [0.5, 0.6) is 0 Å². The van der Waals surface area contributed by atoms with Crippen LogP contribution in [0.15, 0.2) is 82.7 Å². The summed E-state index contributed by atoms with van der Waals surface area (Å²) in [7, 11) is -2.30. The van der Waals surface area contributed by atoms with Gasteiger partial charge in [0.25, 0.3) is 5.91 Å². The fraction of sp³-hybridized carbons (Fsp3) is 0.241. The van der Waals surface area contributed by atoms with Gasteiger partial charge >= 0.3 is 11.9 Å². The second-order valence-electron chi connectivity index (χ2n) is 8.87. The van der Waals surface area contributed by atoms with E-state index in [1.165, 1.54) is 35.6 Å². The number of ether oxygens (including phenoxy) is 2. The minimum absolute atomic E-state index is 0.0400. The van der Waals surface area contributed by atoms with Crippen LogP contribution in [0.3, 0.4) is 0 Å². The zero-order valence-electron chi connectivity index (χ0n) is 22.8. The SMILES string of the molecule is CCOC(=O)Cn1c(=NC(=O)c2ccc(S(=O)(=O)N(C)Cc3ccccc3)cc2)sc2cc(C(=O)OCC)ccc21. The van der Waals surface area contributed by atoms with Gasteiger partial charge in [-0.1, -0.05) is 41.7 Å². The van der Waals surface area contributed by atoms with Gasteiger partial charge < -0.3 is 14.0 Å². The highest BCUT2D eigenvalue weighted by Crippen LogP contribution is 2.21. The number of benzene rings is 3. The molecule has 0 unspecified atom stereocenters. The number of esters is 2. The number of hydrogen-bond donors (Lipinski definition) is 0. The molecule has 0 saturated carbocycles. The monoisotopic (exact) mass is 595 g/mol. The predicted octanol–water partition coefficient (Wildman–Crippen LogP) is 4.00. The molecule has 1 heterocycles. The summed E-state index contributed by atoms with van der Waals surface area (Å²) in [5.41, 5.74) is 1.93. The highest BCUT2D eigenvalue weighted by Gasteiger charge is 2.22. The average Bonchev–Trinajstić information content (AvgIpc) is 3.29. The molecule has 1 aromatic heterocycles. The largest absolute Gasteiger partial charge is 0.465 e. The molecule has 0 fully saturated rings. The fourth-order valence-electron chi connectivity index (χ4n) is 4.01. The third kappa shape index (κ3) is 6.96. The molecule has 4 aromatic rings. The Morgan fingerprint density at radius 3 is 2.22 bits per heavy atom. The summed E-state index contributed by atoms with van der Waals surface area (Å²) >= 11 is 1.13. The summed E-state index contributed by atoms with van der Waals surface area (Å²) in [6.45, 7) is 3.83. The Morgan fingerprint density at radius 2 is 1.56 bits per heavy atom. The van der Waals surface area contributed by atoms with Gasteiger partial charge in [-0.25, -0.2) is 13.2 Å². The number of rotatable bonds is 10. The number of nitrogens with zero attached hydrogens (tertiary/aromatic N) is 3. The maximum absolute atomic E-state index is 13.1. The average molecular weight is 596 g/mol. The second kappa shape index (κ2) is 13.0. The molecule has 1 amide bonds. The molecule has 0 aliphatic carbocycles. The lowest BCUT2D eigenvalue weighted by molar-refractivity contribution is -0.143. The Hall–Kier alpha value is -4.13. The molecular weight excluding hydrogens is 566 g/mol. The van der Waals surface area contributed by atoms with Crippen molar-refractivity contribution in [1.29, 1.82) is 0 Å². The van der Waals surface area contributed by atoms with Gasteiger partial charge in [0.1, 0.15) is 6.54 Å². The highest BCUT2D eigenvalue weighted by molar-refractivity contribution is 7.89.